The molecule has 4 nitrogen and oxygen atoms in total. The van der Waals surface area contributed by atoms with Gasteiger partial charge in [0, 0.05) is 11.1 Å². The van der Waals surface area contributed by atoms with Crippen LogP contribution in [0.5, 0.6) is 5.75 Å². The summed E-state index contributed by atoms with van der Waals surface area (Å²) in [5, 5.41) is 13.1. The van der Waals surface area contributed by atoms with E-state index >= 15 is 0 Å². The lowest BCUT2D eigenvalue weighted by molar-refractivity contribution is 0.405. The SMILES string of the molecule is COc1cc(C)c(Cl)c(C)c1-c1cc(C#N)no1. The highest BCUT2D eigenvalue weighted by Crippen LogP contribution is 2.39. The van der Waals surface area contributed by atoms with E-state index < -0.39 is 0 Å². The summed E-state index contributed by atoms with van der Waals surface area (Å²) in [5.74, 6) is 1.12. The van der Waals surface area contributed by atoms with Crippen molar-refractivity contribution >= 4 is 11.6 Å². The number of aromatic nitrogens is 1. The molecule has 2 rings (SSSR count). The molecule has 0 fully saturated rings. The first kappa shape index (κ1) is 12.5. The molecule has 0 radical (unpaired) electrons. The van der Waals surface area contributed by atoms with E-state index in [2.05, 4.69) is 5.16 Å². The van der Waals surface area contributed by atoms with Gasteiger partial charge >= 0.3 is 0 Å². The second kappa shape index (κ2) is 4.71. The monoisotopic (exact) mass is 262 g/mol. The number of rotatable bonds is 2. The van der Waals surface area contributed by atoms with Crippen LogP contribution in [0.25, 0.3) is 11.3 Å². The molecule has 0 unspecified atom stereocenters. The minimum absolute atomic E-state index is 0.225. The van der Waals surface area contributed by atoms with Gasteiger partial charge in [0.1, 0.15) is 11.8 Å². The molecular weight excluding hydrogens is 252 g/mol. The number of hydrogen-bond donors (Lipinski definition) is 0. The van der Waals surface area contributed by atoms with Crippen LogP contribution >= 0.6 is 11.6 Å². The zero-order valence-electron chi connectivity index (χ0n) is 10.2. The normalized spacial score (nSPS) is 10.2. The van der Waals surface area contributed by atoms with Crippen molar-refractivity contribution in [2.75, 3.05) is 7.11 Å². The Balaban J connectivity index is 2.70. The number of halogens is 1. The van der Waals surface area contributed by atoms with Crippen LogP contribution in [-0.4, -0.2) is 12.3 Å². The molecule has 2 aromatic rings. The van der Waals surface area contributed by atoms with Crippen molar-refractivity contribution in [2.45, 2.75) is 13.8 Å². The molecule has 5 heteroatoms. The van der Waals surface area contributed by atoms with E-state index in [1.165, 1.54) is 0 Å². The Hall–Kier alpha value is -1.99. The van der Waals surface area contributed by atoms with Gasteiger partial charge in [0.25, 0.3) is 0 Å². The van der Waals surface area contributed by atoms with E-state index in [0.29, 0.717) is 16.5 Å². The minimum atomic E-state index is 0.225. The Morgan fingerprint density at radius 3 is 2.67 bits per heavy atom. The van der Waals surface area contributed by atoms with Crippen LogP contribution in [0.4, 0.5) is 0 Å². The number of aryl methyl sites for hydroxylation is 1. The van der Waals surface area contributed by atoms with Gasteiger partial charge in [-0.05, 0) is 31.0 Å². The zero-order chi connectivity index (χ0) is 13.3. The molecule has 1 aromatic heterocycles. The predicted molar refractivity (Wildman–Crippen MR) is 67.7 cm³/mol. The van der Waals surface area contributed by atoms with Crippen LogP contribution < -0.4 is 4.74 Å². The van der Waals surface area contributed by atoms with Gasteiger partial charge in [0.15, 0.2) is 11.5 Å². The van der Waals surface area contributed by atoms with Gasteiger partial charge < -0.3 is 9.26 Å². The largest absolute Gasteiger partial charge is 0.496 e. The molecule has 0 N–H and O–H groups in total. The molecule has 0 aliphatic heterocycles. The molecule has 0 aliphatic carbocycles. The number of nitrogens with zero attached hydrogens (tertiary/aromatic N) is 2. The number of hydrogen-bond acceptors (Lipinski definition) is 4. The van der Waals surface area contributed by atoms with Crippen molar-refractivity contribution < 1.29 is 9.26 Å². The number of benzene rings is 1. The third kappa shape index (κ3) is 1.93. The Morgan fingerprint density at radius 1 is 1.39 bits per heavy atom. The van der Waals surface area contributed by atoms with Gasteiger partial charge in [-0.3, -0.25) is 0 Å². The van der Waals surface area contributed by atoms with Crippen molar-refractivity contribution in [3.05, 3.63) is 34.0 Å². The second-order valence-electron chi connectivity index (χ2n) is 3.90. The molecule has 0 aliphatic rings. The van der Waals surface area contributed by atoms with Crippen molar-refractivity contribution in [2.24, 2.45) is 0 Å². The molecule has 0 saturated carbocycles. The minimum Gasteiger partial charge on any atom is -0.496 e. The molecule has 92 valence electrons. The van der Waals surface area contributed by atoms with Gasteiger partial charge in [0.05, 0.1) is 12.7 Å². The molecule has 1 heterocycles. The lowest BCUT2D eigenvalue weighted by Gasteiger charge is -2.12. The molecule has 0 amide bonds. The fourth-order valence-corrected chi connectivity index (χ4v) is 1.98. The molecule has 18 heavy (non-hydrogen) atoms. The Morgan fingerprint density at radius 2 is 2.11 bits per heavy atom. The lowest BCUT2D eigenvalue weighted by Crippen LogP contribution is -1.93. The summed E-state index contributed by atoms with van der Waals surface area (Å²) in [7, 11) is 1.58. The van der Waals surface area contributed by atoms with Crippen LogP contribution in [0.2, 0.25) is 5.02 Å². The van der Waals surface area contributed by atoms with E-state index in [9.17, 15) is 0 Å². The Kier molecular flexibility index (Phi) is 3.26. The van der Waals surface area contributed by atoms with Crippen LogP contribution in [0.3, 0.4) is 0 Å². The van der Waals surface area contributed by atoms with Gasteiger partial charge in [-0.1, -0.05) is 16.8 Å². The molecule has 0 atom stereocenters. The fraction of sp³-hybridized carbons (Fsp3) is 0.231. The summed E-state index contributed by atoms with van der Waals surface area (Å²) < 4.78 is 10.5. The Labute approximate surface area is 110 Å². The lowest BCUT2D eigenvalue weighted by atomic mass is 10.0. The number of nitriles is 1. The summed E-state index contributed by atoms with van der Waals surface area (Å²) in [6.07, 6.45) is 0. The molecule has 0 spiro atoms. The molecule has 1 aromatic carbocycles. The van der Waals surface area contributed by atoms with Crippen molar-refractivity contribution in [1.29, 1.82) is 5.26 Å². The van der Waals surface area contributed by atoms with Crippen molar-refractivity contribution in [1.82, 2.24) is 5.16 Å². The van der Waals surface area contributed by atoms with E-state index in [1.807, 2.05) is 26.0 Å². The molecular formula is C13H11ClN2O2. The summed E-state index contributed by atoms with van der Waals surface area (Å²) in [4.78, 5) is 0. The highest BCUT2D eigenvalue weighted by molar-refractivity contribution is 6.32. The smallest absolute Gasteiger partial charge is 0.184 e. The van der Waals surface area contributed by atoms with Gasteiger partial charge in [-0.2, -0.15) is 5.26 Å². The summed E-state index contributed by atoms with van der Waals surface area (Å²) in [6, 6.07) is 5.32. The summed E-state index contributed by atoms with van der Waals surface area (Å²) >= 11 is 6.22. The maximum Gasteiger partial charge on any atom is 0.184 e. The van der Waals surface area contributed by atoms with E-state index in [-0.39, 0.29) is 5.69 Å². The molecule has 0 bridgehead atoms. The second-order valence-corrected chi connectivity index (χ2v) is 4.28. The number of methoxy groups -OCH3 is 1. The first-order valence-electron chi connectivity index (χ1n) is 5.29. The van der Waals surface area contributed by atoms with Crippen LogP contribution in [0, 0.1) is 25.2 Å². The topological polar surface area (TPSA) is 59.0 Å². The van der Waals surface area contributed by atoms with Gasteiger partial charge in [0.2, 0.25) is 0 Å². The third-order valence-electron chi connectivity index (χ3n) is 2.74. The van der Waals surface area contributed by atoms with Crippen molar-refractivity contribution in [3.8, 4) is 23.1 Å². The summed E-state index contributed by atoms with van der Waals surface area (Å²) in [5.41, 5.74) is 2.72. The maximum absolute atomic E-state index is 8.76. The first-order chi connectivity index (χ1) is 8.58. The molecule has 0 saturated heterocycles. The van der Waals surface area contributed by atoms with Crippen molar-refractivity contribution in [3.63, 3.8) is 0 Å². The highest BCUT2D eigenvalue weighted by atomic mass is 35.5. The maximum atomic E-state index is 8.76. The van der Waals surface area contributed by atoms with Gasteiger partial charge in [-0.25, -0.2) is 0 Å². The quantitative estimate of drug-likeness (QED) is 0.831. The zero-order valence-corrected chi connectivity index (χ0v) is 11.0. The number of ether oxygens (including phenoxy) is 1. The highest BCUT2D eigenvalue weighted by Gasteiger charge is 2.18. The van der Waals surface area contributed by atoms with Crippen LogP contribution in [0.15, 0.2) is 16.7 Å². The van der Waals surface area contributed by atoms with Crippen LogP contribution in [0.1, 0.15) is 16.8 Å². The predicted octanol–water partition coefficient (Wildman–Crippen LogP) is 3.49. The average molecular weight is 263 g/mol. The standard InChI is InChI=1S/C13H11ClN2O2/c1-7-4-10(17-3)12(8(2)13(7)14)11-5-9(6-15)16-18-11/h4-5H,1-3H3. The fourth-order valence-electron chi connectivity index (χ4n) is 1.84. The average Bonchev–Trinajstić information content (AvgIpc) is 2.83. The first-order valence-corrected chi connectivity index (χ1v) is 5.67. The Bertz CT molecular complexity index is 641. The third-order valence-corrected chi connectivity index (χ3v) is 3.32. The van der Waals surface area contributed by atoms with Gasteiger partial charge in [-0.15, -0.1) is 0 Å². The van der Waals surface area contributed by atoms with Crippen LogP contribution in [-0.2, 0) is 0 Å². The van der Waals surface area contributed by atoms with E-state index in [4.69, 9.17) is 26.1 Å². The van der Waals surface area contributed by atoms with E-state index in [1.54, 1.807) is 13.2 Å². The summed E-state index contributed by atoms with van der Waals surface area (Å²) in [6.45, 7) is 3.78. The van der Waals surface area contributed by atoms with E-state index in [0.717, 1.165) is 16.7 Å².